The molecule has 1 aromatic carbocycles. The molecule has 1 N–H and O–H groups in total. The fourth-order valence-electron chi connectivity index (χ4n) is 2.11. The highest BCUT2D eigenvalue weighted by molar-refractivity contribution is 5.72. The molecule has 0 bridgehead atoms. The zero-order valence-electron chi connectivity index (χ0n) is 11.5. The smallest absolute Gasteiger partial charge is 0.225 e. The molecule has 106 valence electrons. The second-order valence-corrected chi connectivity index (χ2v) is 5.02. The Hall–Kier alpha value is -2.70. The molecule has 1 aliphatic rings. The zero-order chi connectivity index (χ0) is 14.2. The van der Waals surface area contributed by atoms with Crippen molar-refractivity contribution in [2.24, 2.45) is 0 Å². The van der Waals surface area contributed by atoms with Crippen molar-refractivity contribution in [2.45, 2.75) is 18.9 Å². The lowest BCUT2D eigenvalue weighted by atomic mass is 10.3. The van der Waals surface area contributed by atoms with Gasteiger partial charge in [0.1, 0.15) is 5.75 Å². The van der Waals surface area contributed by atoms with Crippen LogP contribution in [0, 0.1) is 0 Å². The maximum atomic E-state index is 5.16. The topological polar surface area (TPSA) is 77.8 Å². The Morgan fingerprint density at radius 1 is 1.24 bits per heavy atom. The highest BCUT2D eigenvalue weighted by Crippen LogP contribution is 2.24. The lowest BCUT2D eigenvalue weighted by Crippen LogP contribution is -2.06. The normalized spacial score (nSPS) is 14.3. The number of hydrogen-bond donors (Lipinski definition) is 1. The summed E-state index contributed by atoms with van der Waals surface area (Å²) in [7, 11) is 1.64. The molecule has 2 heterocycles. The van der Waals surface area contributed by atoms with Gasteiger partial charge in [-0.15, -0.1) is 5.10 Å². The van der Waals surface area contributed by atoms with Crippen LogP contribution in [-0.4, -0.2) is 38.1 Å². The predicted molar refractivity (Wildman–Crippen MR) is 77.7 cm³/mol. The second-order valence-electron chi connectivity index (χ2n) is 5.02. The summed E-state index contributed by atoms with van der Waals surface area (Å²) in [5.41, 5.74) is 2.25. The second kappa shape index (κ2) is 4.69. The van der Waals surface area contributed by atoms with Crippen molar-refractivity contribution in [3.8, 4) is 11.4 Å². The minimum Gasteiger partial charge on any atom is -0.497 e. The summed E-state index contributed by atoms with van der Waals surface area (Å²) in [5.74, 6) is 1.43. The van der Waals surface area contributed by atoms with Gasteiger partial charge >= 0.3 is 0 Å². The summed E-state index contributed by atoms with van der Waals surface area (Å²) >= 11 is 0. The van der Waals surface area contributed by atoms with Crippen LogP contribution >= 0.6 is 0 Å². The fourth-order valence-corrected chi connectivity index (χ4v) is 2.11. The third-order valence-corrected chi connectivity index (χ3v) is 3.42. The minimum absolute atomic E-state index is 0.507. The maximum Gasteiger partial charge on any atom is 0.225 e. The molecule has 4 rings (SSSR count). The van der Waals surface area contributed by atoms with Gasteiger partial charge in [0.15, 0.2) is 11.2 Å². The first-order chi connectivity index (χ1) is 10.3. The molecule has 0 saturated heterocycles. The summed E-state index contributed by atoms with van der Waals surface area (Å²) in [5, 5.41) is 11.5. The monoisotopic (exact) mass is 282 g/mol. The fraction of sp³-hybridized carbons (Fsp3) is 0.286. The number of methoxy groups -OCH3 is 1. The first-order valence-corrected chi connectivity index (χ1v) is 6.83. The molecule has 0 radical (unpaired) electrons. The number of benzene rings is 1. The van der Waals surface area contributed by atoms with E-state index in [1.165, 1.54) is 12.8 Å². The van der Waals surface area contributed by atoms with Gasteiger partial charge in [-0.05, 0) is 37.1 Å². The van der Waals surface area contributed by atoms with Crippen LogP contribution in [0.2, 0.25) is 0 Å². The molecule has 1 aliphatic carbocycles. The minimum atomic E-state index is 0.507. The highest BCUT2D eigenvalue weighted by Gasteiger charge is 2.22. The number of anilines is 1. The summed E-state index contributed by atoms with van der Waals surface area (Å²) in [6.45, 7) is 0. The number of nitrogens with one attached hydrogen (secondary N) is 1. The van der Waals surface area contributed by atoms with E-state index in [2.05, 4.69) is 25.6 Å². The maximum absolute atomic E-state index is 5.16. The third-order valence-electron chi connectivity index (χ3n) is 3.42. The van der Waals surface area contributed by atoms with Crippen molar-refractivity contribution in [3.63, 3.8) is 0 Å². The van der Waals surface area contributed by atoms with E-state index >= 15 is 0 Å². The first kappa shape index (κ1) is 12.1. The largest absolute Gasteiger partial charge is 0.497 e. The predicted octanol–water partition coefficient (Wildman–Crippen LogP) is 1.79. The zero-order valence-corrected chi connectivity index (χ0v) is 11.5. The van der Waals surface area contributed by atoms with Gasteiger partial charge in [-0.1, -0.05) is 5.21 Å². The van der Waals surface area contributed by atoms with E-state index in [1.54, 1.807) is 18.0 Å². The molecular formula is C14H14N6O. The van der Waals surface area contributed by atoms with E-state index in [0.717, 1.165) is 11.4 Å². The molecule has 1 saturated carbocycles. The Morgan fingerprint density at radius 2 is 2.05 bits per heavy atom. The lowest BCUT2D eigenvalue weighted by Gasteiger charge is -2.05. The van der Waals surface area contributed by atoms with Gasteiger partial charge in [-0.3, -0.25) is 0 Å². The van der Waals surface area contributed by atoms with Gasteiger partial charge in [-0.2, -0.15) is 9.67 Å². The molecule has 0 atom stereocenters. The van der Waals surface area contributed by atoms with E-state index in [0.29, 0.717) is 23.2 Å². The van der Waals surface area contributed by atoms with Crippen LogP contribution < -0.4 is 10.1 Å². The molecule has 0 spiro atoms. The molecule has 1 fully saturated rings. The van der Waals surface area contributed by atoms with Crippen molar-refractivity contribution in [1.82, 2.24) is 25.0 Å². The molecule has 3 aromatic rings. The van der Waals surface area contributed by atoms with Crippen molar-refractivity contribution in [1.29, 1.82) is 0 Å². The number of nitrogens with zero attached hydrogens (tertiary/aromatic N) is 5. The number of rotatable bonds is 4. The molecule has 2 aromatic heterocycles. The van der Waals surface area contributed by atoms with Crippen LogP contribution in [0.15, 0.2) is 30.5 Å². The average molecular weight is 282 g/mol. The van der Waals surface area contributed by atoms with Gasteiger partial charge < -0.3 is 10.1 Å². The van der Waals surface area contributed by atoms with Crippen molar-refractivity contribution in [2.75, 3.05) is 12.4 Å². The molecule has 0 aliphatic heterocycles. The van der Waals surface area contributed by atoms with Crippen LogP contribution in [-0.2, 0) is 0 Å². The average Bonchev–Trinajstić information content (AvgIpc) is 3.24. The lowest BCUT2D eigenvalue weighted by molar-refractivity contribution is 0.414. The number of hydrogen-bond acceptors (Lipinski definition) is 6. The summed E-state index contributed by atoms with van der Waals surface area (Å²) in [4.78, 5) is 8.78. The van der Waals surface area contributed by atoms with Gasteiger partial charge in [0, 0.05) is 6.04 Å². The van der Waals surface area contributed by atoms with Crippen LogP contribution in [0.25, 0.3) is 16.9 Å². The molecule has 0 amide bonds. The molecular weight excluding hydrogens is 268 g/mol. The Morgan fingerprint density at radius 3 is 2.76 bits per heavy atom. The van der Waals surface area contributed by atoms with Gasteiger partial charge in [0.05, 0.1) is 19.0 Å². The van der Waals surface area contributed by atoms with Crippen LogP contribution in [0.1, 0.15) is 12.8 Å². The van der Waals surface area contributed by atoms with Crippen molar-refractivity contribution < 1.29 is 4.74 Å². The molecule has 21 heavy (non-hydrogen) atoms. The number of fused-ring (bicyclic) bond motifs is 1. The number of aromatic nitrogens is 5. The Labute approximate surface area is 121 Å². The van der Waals surface area contributed by atoms with E-state index in [4.69, 9.17) is 4.74 Å². The van der Waals surface area contributed by atoms with Gasteiger partial charge in [0.25, 0.3) is 0 Å². The van der Waals surface area contributed by atoms with Crippen LogP contribution in [0.3, 0.4) is 0 Å². The van der Waals surface area contributed by atoms with Crippen LogP contribution in [0.4, 0.5) is 5.95 Å². The molecule has 7 heteroatoms. The van der Waals surface area contributed by atoms with Gasteiger partial charge in [-0.25, -0.2) is 4.98 Å². The Bertz CT molecular complexity index is 778. The Balaban J connectivity index is 1.75. The quantitative estimate of drug-likeness (QED) is 0.786. The number of ether oxygens (including phenoxy) is 1. The van der Waals surface area contributed by atoms with Gasteiger partial charge in [0.2, 0.25) is 5.95 Å². The highest BCUT2D eigenvalue weighted by atomic mass is 16.5. The van der Waals surface area contributed by atoms with E-state index in [9.17, 15) is 0 Å². The Kier molecular flexibility index (Phi) is 2.70. The SMILES string of the molecule is COc1ccc(-n2nnc3cnc(NC4CC4)nc32)cc1. The summed E-state index contributed by atoms with van der Waals surface area (Å²) < 4.78 is 6.87. The third kappa shape index (κ3) is 2.26. The standard InChI is InChI=1S/C14H14N6O/c1-21-11-6-4-10(5-7-11)20-13-12(18-19-20)8-15-14(17-13)16-9-2-3-9/h4-9H,2-3H2,1H3,(H,15,16,17). The van der Waals surface area contributed by atoms with E-state index < -0.39 is 0 Å². The van der Waals surface area contributed by atoms with E-state index in [1.807, 2.05) is 24.3 Å². The van der Waals surface area contributed by atoms with Crippen LogP contribution in [0.5, 0.6) is 5.75 Å². The van der Waals surface area contributed by atoms with Crippen molar-refractivity contribution >= 4 is 17.1 Å². The molecule has 7 nitrogen and oxygen atoms in total. The van der Waals surface area contributed by atoms with Crippen molar-refractivity contribution in [3.05, 3.63) is 30.5 Å². The van der Waals surface area contributed by atoms with E-state index in [-0.39, 0.29) is 0 Å². The summed E-state index contributed by atoms with van der Waals surface area (Å²) in [6, 6.07) is 8.11. The molecule has 0 unspecified atom stereocenters. The summed E-state index contributed by atoms with van der Waals surface area (Å²) in [6.07, 6.45) is 4.05. The first-order valence-electron chi connectivity index (χ1n) is 6.83.